The quantitative estimate of drug-likeness (QED) is 0.589. The van der Waals surface area contributed by atoms with Gasteiger partial charge in [-0.3, -0.25) is 4.57 Å². The van der Waals surface area contributed by atoms with Gasteiger partial charge in [-0.05, 0) is 0 Å². The van der Waals surface area contributed by atoms with Gasteiger partial charge in [0.2, 0.25) is 0 Å². The van der Waals surface area contributed by atoms with Crippen molar-refractivity contribution in [2.45, 2.75) is 24.9 Å². The van der Waals surface area contributed by atoms with Crippen LogP contribution in [0, 0.1) is 0 Å². The lowest BCUT2D eigenvalue weighted by molar-refractivity contribution is -0.0432. The molecule has 118 valence electrons. The first-order valence-corrected chi connectivity index (χ1v) is 6.92. The van der Waals surface area contributed by atoms with Crippen molar-refractivity contribution in [1.29, 1.82) is 0 Å². The summed E-state index contributed by atoms with van der Waals surface area (Å²) in [6.45, 7) is -0.225. The summed E-state index contributed by atoms with van der Waals surface area (Å²) < 4.78 is 7.36. The number of rotatable bonds is 4. The highest BCUT2D eigenvalue weighted by Gasteiger charge is 2.35. The van der Waals surface area contributed by atoms with E-state index in [1.807, 2.05) is 14.1 Å². The topological polar surface area (TPSA) is 109 Å². The predicted molar refractivity (Wildman–Crippen MR) is 78.8 cm³/mol. The maximum Gasteiger partial charge on any atom is 0.184 e. The van der Waals surface area contributed by atoms with E-state index in [1.165, 1.54) is 6.33 Å². The fraction of sp³-hybridized carbons (Fsp3) is 0.538. The molecule has 3 heterocycles. The number of aliphatic hydroxyl groups excluding tert-OH is 2. The molecule has 2 aromatic rings. The van der Waals surface area contributed by atoms with Crippen molar-refractivity contribution in [1.82, 2.24) is 24.4 Å². The first-order chi connectivity index (χ1) is 10.6. The van der Waals surface area contributed by atoms with Gasteiger partial charge >= 0.3 is 0 Å². The molecular weight excluding hydrogens is 288 g/mol. The van der Waals surface area contributed by atoms with Crippen molar-refractivity contribution in [2.75, 3.05) is 20.7 Å². The number of hydrogen-bond donors (Lipinski definition) is 2. The van der Waals surface area contributed by atoms with E-state index >= 15 is 0 Å². The van der Waals surface area contributed by atoms with E-state index in [1.54, 1.807) is 22.1 Å². The van der Waals surface area contributed by atoms with E-state index in [4.69, 9.17) is 4.74 Å². The van der Waals surface area contributed by atoms with E-state index in [0.29, 0.717) is 23.4 Å². The molecule has 9 nitrogen and oxygen atoms in total. The van der Waals surface area contributed by atoms with Gasteiger partial charge in [0.1, 0.15) is 18.7 Å². The number of aliphatic imine (C=N–C) groups is 1. The molecule has 2 N–H and O–H groups in total. The van der Waals surface area contributed by atoms with Crippen LogP contribution in [0.5, 0.6) is 0 Å². The Morgan fingerprint density at radius 3 is 2.95 bits per heavy atom. The van der Waals surface area contributed by atoms with E-state index in [2.05, 4.69) is 19.9 Å². The fourth-order valence-electron chi connectivity index (χ4n) is 2.37. The van der Waals surface area contributed by atoms with Crippen LogP contribution < -0.4 is 0 Å². The summed E-state index contributed by atoms with van der Waals surface area (Å²) >= 11 is 0. The second kappa shape index (κ2) is 5.95. The van der Waals surface area contributed by atoms with Gasteiger partial charge in [-0.1, -0.05) is 0 Å². The minimum atomic E-state index is -0.708. The number of aromatic nitrogens is 4. The van der Waals surface area contributed by atoms with Gasteiger partial charge < -0.3 is 19.8 Å². The average Bonchev–Trinajstić information content (AvgIpc) is 3.08. The maximum absolute atomic E-state index is 9.85. The molecule has 1 saturated heterocycles. The summed E-state index contributed by atoms with van der Waals surface area (Å²) in [5.41, 5.74) is 1.14. The molecule has 0 aromatic carbocycles. The second-order valence-corrected chi connectivity index (χ2v) is 5.34. The Balaban J connectivity index is 1.95. The Bertz CT molecular complexity index is 685. The largest absolute Gasteiger partial charge is 0.394 e. The van der Waals surface area contributed by atoms with Gasteiger partial charge in [0.15, 0.2) is 17.0 Å². The summed E-state index contributed by atoms with van der Waals surface area (Å²) in [6, 6.07) is 0. The highest BCUT2D eigenvalue weighted by atomic mass is 16.5. The van der Waals surface area contributed by atoms with E-state index < -0.39 is 18.4 Å². The zero-order valence-electron chi connectivity index (χ0n) is 12.4. The van der Waals surface area contributed by atoms with E-state index in [9.17, 15) is 10.2 Å². The summed E-state index contributed by atoms with van der Waals surface area (Å²) in [6.07, 6.45) is 3.30. The maximum atomic E-state index is 9.85. The lowest BCUT2D eigenvalue weighted by Gasteiger charge is -2.13. The summed E-state index contributed by atoms with van der Waals surface area (Å²) in [7, 11) is 3.73. The van der Waals surface area contributed by atoms with Crippen molar-refractivity contribution in [3.8, 4) is 0 Å². The average molecular weight is 306 g/mol. The van der Waals surface area contributed by atoms with Gasteiger partial charge in [0.25, 0.3) is 0 Å². The number of hydrogen-bond acceptors (Lipinski definition) is 7. The van der Waals surface area contributed by atoms with E-state index in [0.717, 1.165) is 0 Å². The first-order valence-electron chi connectivity index (χ1n) is 6.92. The third-order valence-electron chi connectivity index (χ3n) is 3.44. The Labute approximate surface area is 126 Å². The molecule has 22 heavy (non-hydrogen) atoms. The molecule has 0 radical (unpaired) electrons. The van der Waals surface area contributed by atoms with Crippen LogP contribution >= 0.6 is 0 Å². The first kappa shape index (κ1) is 14.8. The summed E-state index contributed by atoms with van der Waals surface area (Å²) in [5.74, 6) is 0.467. The molecule has 9 heteroatoms. The molecule has 1 aliphatic heterocycles. The molecule has 0 aliphatic carbocycles. The third kappa shape index (κ3) is 2.65. The minimum absolute atomic E-state index is 0.225. The number of aliphatic hydroxyl groups is 2. The molecule has 3 rings (SSSR count). The molecule has 0 saturated carbocycles. The molecular formula is C13H18N6O3. The third-order valence-corrected chi connectivity index (χ3v) is 3.44. The van der Waals surface area contributed by atoms with Crippen LogP contribution in [0.2, 0.25) is 0 Å². The standard InChI is InChI=1S/C13H18N6O3/c1-18(2)6-17-12-11-13(15-5-14-12)19(7-16-11)10-3-8(21)9(4-20)22-10/h5-10,20-21H,3-4H2,1-2H3/t8-,9-,10-/m1/s1. The monoisotopic (exact) mass is 306 g/mol. The Morgan fingerprint density at radius 2 is 2.27 bits per heavy atom. The van der Waals surface area contributed by atoms with Crippen molar-refractivity contribution in [2.24, 2.45) is 4.99 Å². The highest BCUT2D eigenvalue weighted by molar-refractivity contribution is 5.82. The van der Waals surface area contributed by atoms with Crippen LogP contribution in [0.4, 0.5) is 5.82 Å². The molecule has 0 spiro atoms. The molecule has 2 aromatic heterocycles. The summed E-state index contributed by atoms with van der Waals surface area (Å²) in [5, 5.41) is 19.0. The van der Waals surface area contributed by atoms with Crippen molar-refractivity contribution in [3.05, 3.63) is 12.7 Å². The smallest absolute Gasteiger partial charge is 0.184 e. The van der Waals surface area contributed by atoms with Crippen LogP contribution in [-0.2, 0) is 4.74 Å². The highest BCUT2D eigenvalue weighted by Crippen LogP contribution is 2.31. The van der Waals surface area contributed by atoms with Gasteiger partial charge in [0.05, 0.1) is 25.4 Å². The van der Waals surface area contributed by atoms with Crippen molar-refractivity contribution >= 4 is 23.3 Å². The van der Waals surface area contributed by atoms with Gasteiger partial charge in [-0.15, -0.1) is 0 Å². The lowest BCUT2D eigenvalue weighted by Crippen LogP contribution is -2.24. The second-order valence-electron chi connectivity index (χ2n) is 5.34. The Kier molecular flexibility index (Phi) is 4.01. The molecule has 0 unspecified atom stereocenters. The number of nitrogens with zero attached hydrogens (tertiary/aromatic N) is 6. The molecule has 3 atom stereocenters. The van der Waals surface area contributed by atoms with Gasteiger partial charge in [-0.25, -0.2) is 19.9 Å². The summed E-state index contributed by atoms with van der Waals surface area (Å²) in [4.78, 5) is 18.7. The lowest BCUT2D eigenvalue weighted by atomic mass is 10.2. The van der Waals surface area contributed by atoms with Crippen LogP contribution in [0.15, 0.2) is 17.6 Å². The molecule has 1 aliphatic rings. The Hall–Kier alpha value is -2.10. The zero-order valence-corrected chi connectivity index (χ0v) is 12.4. The van der Waals surface area contributed by atoms with Gasteiger partial charge in [-0.2, -0.15) is 0 Å². The van der Waals surface area contributed by atoms with Crippen LogP contribution in [0.1, 0.15) is 12.6 Å². The fourth-order valence-corrected chi connectivity index (χ4v) is 2.37. The zero-order chi connectivity index (χ0) is 15.7. The van der Waals surface area contributed by atoms with Crippen molar-refractivity contribution in [3.63, 3.8) is 0 Å². The number of ether oxygens (including phenoxy) is 1. The molecule has 0 amide bonds. The Morgan fingerprint density at radius 1 is 1.45 bits per heavy atom. The van der Waals surface area contributed by atoms with Crippen molar-refractivity contribution < 1.29 is 14.9 Å². The normalized spacial score (nSPS) is 25.4. The number of imidazole rings is 1. The predicted octanol–water partition coefficient (Wildman–Crippen LogP) is -0.312. The van der Waals surface area contributed by atoms with Crippen LogP contribution in [0.3, 0.4) is 0 Å². The van der Waals surface area contributed by atoms with Gasteiger partial charge in [0, 0.05) is 20.5 Å². The number of fused-ring (bicyclic) bond motifs is 1. The van der Waals surface area contributed by atoms with Crippen LogP contribution in [-0.4, -0.2) is 73.9 Å². The van der Waals surface area contributed by atoms with Crippen LogP contribution in [0.25, 0.3) is 11.2 Å². The molecule has 0 bridgehead atoms. The SMILES string of the molecule is CN(C)C=Nc1ncnc2c1ncn2[C@H]1C[C@@H](O)[C@@H](CO)O1. The minimum Gasteiger partial charge on any atom is -0.394 e. The molecule has 1 fully saturated rings. The van der Waals surface area contributed by atoms with E-state index in [-0.39, 0.29) is 6.61 Å².